The van der Waals surface area contributed by atoms with Gasteiger partial charge >= 0.3 is 12.1 Å². The fourth-order valence-electron chi connectivity index (χ4n) is 0.993. The van der Waals surface area contributed by atoms with E-state index in [1.165, 1.54) is 13.1 Å². The Morgan fingerprint density at radius 1 is 1.44 bits per heavy atom. The predicted octanol–water partition coefficient (Wildman–Crippen LogP) is 1.17. The standard InChI is InChI=1S/C8H8F3N3O2/c1-14(4-8(9,10)11)6-3-2-5(7(15)16)12-13-6/h2-3H,4H2,1H3,(H,15,16). The van der Waals surface area contributed by atoms with E-state index in [9.17, 15) is 18.0 Å². The molecular formula is C8H8F3N3O2. The third-order valence-corrected chi connectivity index (χ3v) is 1.68. The van der Waals surface area contributed by atoms with Crippen LogP contribution < -0.4 is 4.90 Å². The number of carboxylic acid groups (broad SMARTS) is 1. The minimum absolute atomic E-state index is 0.0395. The molecule has 0 unspecified atom stereocenters. The second kappa shape index (κ2) is 4.33. The molecule has 8 heteroatoms. The molecule has 0 atom stereocenters. The van der Waals surface area contributed by atoms with E-state index in [1.807, 2.05) is 0 Å². The molecule has 1 aromatic heterocycles. The van der Waals surface area contributed by atoms with E-state index >= 15 is 0 Å². The van der Waals surface area contributed by atoms with Crippen LogP contribution in [0, 0.1) is 0 Å². The molecule has 1 rings (SSSR count). The molecule has 0 spiro atoms. The Hall–Kier alpha value is -1.86. The number of rotatable bonds is 3. The van der Waals surface area contributed by atoms with E-state index in [0.29, 0.717) is 0 Å². The maximum absolute atomic E-state index is 12.0. The molecule has 0 saturated heterocycles. The zero-order chi connectivity index (χ0) is 12.3. The largest absolute Gasteiger partial charge is 0.476 e. The smallest absolute Gasteiger partial charge is 0.405 e. The lowest BCUT2D eigenvalue weighted by Gasteiger charge is -2.18. The summed E-state index contributed by atoms with van der Waals surface area (Å²) in [4.78, 5) is 11.2. The van der Waals surface area contributed by atoms with Crippen molar-refractivity contribution in [1.29, 1.82) is 0 Å². The molecule has 5 nitrogen and oxygen atoms in total. The van der Waals surface area contributed by atoms with E-state index in [4.69, 9.17) is 5.11 Å². The fourth-order valence-corrected chi connectivity index (χ4v) is 0.993. The van der Waals surface area contributed by atoms with Crippen LogP contribution in [0.3, 0.4) is 0 Å². The number of hydrogen-bond acceptors (Lipinski definition) is 4. The van der Waals surface area contributed by atoms with Crippen molar-refractivity contribution in [2.75, 3.05) is 18.5 Å². The summed E-state index contributed by atoms with van der Waals surface area (Å²) in [7, 11) is 1.19. The van der Waals surface area contributed by atoms with Crippen LogP contribution >= 0.6 is 0 Å². The average molecular weight is 235 g/mol. The van der Waals surface area contributed by atoms with Crippen molar-refractivity contribution in [3.8, 4) is 0 Å². The number of aromatic carboxylic acids is 1. The van der Waals surface area contributed by atoms with Crippen molar-refractivity contribution < 1.29 is 23.1 Å². The Kier molecular flexibility index (Phi) is 3.31. The first-order valence-corrected chi connectivity index (χ1v) is 4.14. The molecule has 16 heavy (non-hydrogen) atoms. The number of carboxylic acids is 1. The Balaban J connectivity index is 2.78. The SMILES string of the molecule is CN(CC(F)(F)F)c1ccc(C(=O)O)nn1. The molecule has 0 saturated carbocycles. The van der Waals surface area contributed by atoms with Gasteiger partial charge in [-0.05, 0) is 12.1 Å². The maximum Gasteiger partial charge on any atom is 0.405 e. The van der Waals surface area contributed by atoms with Crippen molar-refractivity contribution in [2.24, 2.45) is 0 Å². The molecule has 1 aromatic rings. The maximum atomic E-state index is 12.0. The fraction of sp³-hybridized carbons (Fsp3) is 0.375. The first kappa shape index (κ1) is 12.2. The molecule has 0 fully saturated rings. The lowest BCUT2D eigenvalue weighted by Crippen LogP contribution is -2.31. The predicted molar refractivity (Wildman–Crippen MR) is 48.3 cm³/mol. The second-order valence-electron chi connectivity index (χ2n) is 3.05. The summed E-state index contributed by atoms with van der Waals surface area (Å²) < 4.78 is 36.0. The summed E-state index contributed by atoms with van der Waals surface area (Å²) in [6.07, 6.45) is -4.35. The first-order chi connectivity index (χ1) is 7.29. The molecule has 1 N–H and O–H groups in total. The Bertz CT molecular complexity index is 377. The minimum Gasteiger partial charge on any atom is -0.476 e. The Labute approximate surface area is 88.5 Å². The Morgan fingerprint density at radius 3 is 2.44 bits per heavy atom. The summed E-state index contributed by atoms with van der Waals surface area (Å²) in [5.74, 6) is -1.32. The summed E-state index contributed by atoms with van der Waals surface area (Å²) in [5.41, 5.74) is -0.316. The highest BCUT2D eigenvalue weighted by molar-refractivity contribution is 5.85. The van der Waals surface area contributed by atoms with Crippen molar-refractivity contribution in [2.45, 2.75) is 6.18 Å². The topological polar surface area (TPSA) is 66.3 Å². The summed E-state index contributed by atoms with van der Waals surface area (Å²) >= 11 is 0. The van der Waals surface area contributed by atoms with Crippen LogP contribution in [0.15, 0.2) is 12.1 Å². The van der Waals surface area contributed by atoms with E-state index in [-0.39, 0.29) is 11.5 Å². The highest BCUT2D eigenvalue weighted by Crippen LogP contribution is 2.18. The van der Waals surface area contributed by atoms with E-state index in [1.54, 1.807) is 0 Å². The molecule has 0 aliphatic heterocycles. The monoisotopic (exact) mass is 235 g/mol. The van der Waals surface area contributed by atoms with E-state index in [0.717, 1.165) is 11.0 Å². The third-order valence-electron chi connectivity index (χ3n) is 1.68. The van der Waals surface area contributed by atoms with Gasteiger partial charge < -0.3 is 10.0 Å². The third kappa shape index (κ3) is 3.37. The first-order valence-electron chi connectivity index (χ1n) is 4.14. The zero-order valence-corrected chi connectivity index (χ0v) is 8.19. The van der Waals surface area contributed by atoms with Gasteiger partial charge in [-0.2, -0.15) is 13.2 Å². The van der Waals surface area contributed by atoms with Gasteiger partial charge in [-0.25, -0.2) is 4.79 Å². The molecule has 0 aromatic carbocycles. The van der Waals surface area contributed by atoms with Crippen molar-refractivity contribution in [1.82, 2.24) is 10.2 Å². The number of carbonyl (C=O) groups is 1. The number of nitrogens with zero attached hydrogens (tertiary/aromatic N) is 3. The van der Waals surface area contributed by atoms with Crippen LogP contribution in [0.1, 0.15) is 10.5 Å². The van der Waals surface area contributed by atoms with Gasteiger partial charge in [0.05, 0.1) is 0 Å². The molecule has 1 heterocycles. The minimum atomic E-state index is -4.35. The second-order valence-corrected chi connectivity index (χ2v) is 3.05. The van der Waals surface area contributed by atoms with Crippen LogP contribution in [-0.4, -0.2) is 41.0 Å². The number of halogens is 3. The van der Waals surface area contributed by atoms with Crippen molar-refractivity contribution in [3.63, 3.8) is 0 Å². The van der Waals surface area contributed by atoms with Gasteiger partial charge in [-0.1, -0.05) is 0 Å². The Morgan fingerprint density at radius 2 is 2.06 bits per heavy atom. The summed E-state index contributed by atoms with van der Waals surface area (Å²) in [6, 6.07) is 2.26. The molecule has 0 aliphatic rings. The number of anilines is 1. The van der Waals surface area contributed by atoms with E-state index < -0.39 is 18.7 Å². The summed E-state index contributed by atoms with van der Waals surface area (Å²) in [6.45, 7) is -1.17. The van der Waals surface area contributed by atoms with Crippen molar-refractivity contribution >= 4 is 11.8 Å². The molecule has 0 aliphatic carbocycles. The lowest BCUT2D eigenvalue weighted by molar-refractivity contribution is -0.119. The number of hydrogen-bond donors (Lipinski definition) is 1. The van der Waals surface area contributed by atoms with Gasteiger partial charge in [0.1, 0.15) is 6.54 Å². The average Bonchev–Trinajstić information content (AvgIpc) is 2.15. The van der Waals surface area contributed by atoms with Crippen LogP contribution in [0.2, 0.25) is 0 Å². The van der Waals surface area contributed by atoms with Crippen LogP contribution in [0.5, 0.6) is 0 Å². The van der Waals surface area contributed by atoms with Gasteiger partial charge in [0.25, 0.3) is 0 Å². The van der Waals surface area contributed by atoms with E-state index in [2.05, 4.69) is 10.2 Å². The van der Waals surface area contributed by atoms with Crippen LogP contribution in [0.25, 0.3) is 0 Å². The van der Waals surface area contributed by atoms with Gasteiger partial charge in [0.15, 0.2) is 11.5 Å². The number of aromatic nitrogens is 2. The molecule has 0 radical (unpaired) electrons. The quantitative estimate of drug-likeness (QED) is 0.851. The van der Waals surface area contributed by atoms with Crippen LogP contribution in [-0.2, 0) is 0 Å². The lowest BCUT2D eigenvalue weighted by atomic mass is 10.4. The van der Waals surface area contributed by atoms with Gasteiger partial charge in [0, 0.05) is 7.05 Å². The van der Waals surface area contributed by atoms with Crippen molar-refractivity contribution in [3.05, 3.63) is 17.8 Å². The summed E-state index contributed by atoms with van der Waals surface area (Å²) in [5, 5.41) is 15.2. The molecule has 0 amide bonds. The molecule has 88 valence electrons. The zero-order valence-electron chi connectivity index (χ0n) is 8.19. The molecular weight excluding hydrogens is 227 g/mol. The molecule has 0 bridgehead atoms. The number of alkyl halides is 3. The van der Waals surface area contributed by atoms with Gasteiger partial charge in [-0.3, -0.25) is 0 Å². The highest BCUT2D eigenvalue weighted by Gasteiger charge is 2.29. The van der Waals surface area contributed by atoms with Crippen LogP contribution in [0.4, 0.5) is 19.0 Å². The van der Waals surface area contributed by atoms with Gasteiger partial charge in [0.2, 0.25) is 0 Å². The normalized spacial score (nSPS) is 11.2. The van der Waals surface area contributed by atoms with Gasteiger partial charge in [-0.15, -0.1) is 10.2 Å². The highest BCUT2D eigenvalue weighted by atomic mass is 19.4.